The Morgan fingerprint density at radius 1 is 1.15 bits per heavy atom. The van der Waals surface area contributed by atoms with Gasteiger partial charge in [-0.2, -0.15) is 0 Å². The maximum atomic E-state index is 13.0. The number of ether oxygens (including phenoxy) is 1. The highest BCUT2D eigenvalue weighted by molar-refractivity contribution is 7.11. The number of carbonyl (C=O) groups is 1. The summed E-state index contributed by atoms with van der Waals surface area (Å²) in [6, 6.07) is 15.7. The number of para-hydroxylation sites is 1. The Balaban J connectivity index is 1.50. The van der Waals surface area contributed by atoms with Gasteiger partial charge in [0.15, 0.2) is 6.61 Å². The lowest BCUT2D eigenvalue weighted by atomic mass is 10.1. The van der Waals surface area contributed by atoms with Gasteiger partial charge in [0.1, 0.15) is 16.6 Å². The van der Waals surface area contributed by atoms with E-state index in [-0.39, 0.29) is 18.3 Å². The lowest BCUT2D eigenvalue weighted by molar-refractivity contribution is -0.123. The minimum Gasteiger partial charge on any atom is -0.484 e. The number of halogens is 1. The Labute approximate surface area is 155 Å². The standard InChI is InChI=1S/C20H19FN2O2S/c1-14-18(11-15-7-9-16(21)10-8-15)26-20(23-14)12-22-19(24)13-25-17-5-3-2-4-6-17/h2-10H,11-13H2,1H3,(H,22,24). The average molecular weight is 370 g/mol. The molecule has 0 fully saturated rings. The number of aryl methyl sites for hydroxylation is 1. The highest BCUT2D eigenvalue weighted by Gasteiger charge is 2.10. The molecule has 0 saturated carbocycles. The summed E-state index contributed by atoms with van der Waals surface area (Å²) in [7, 11) is 0. The highest BCUT2D eigenvalue weighted by Crippen LogP contribution is 2.21. The third-order valence-corrected chi connectivity index (χ3v) is 4.92. The van der Waals surface area contributed by atoms with Crippen LogP contribution in [0.15, 0.2) is 54.6 Å². The minimum atomic E-state index is -0.240. The number of hydrogen-bond acceptors (Lipinski definition) is 4. The van der Waals surface area contributed by atoms with Gasteiger partial charge in [-0.25, -0.2) is 9.37 Å². The summed E-state index contributed by atoms with van der Waals surface area (Å²) in [4.78, 5) is 17.5. The van der Waals surface area contributed by atoms with E-state index in [0.29, 0.717) is 18.7 Å². The summed E-state index contributed by atoms with van der Waals surface area (Å²) < 4.78 is 18.4. The number of benzene rings is 2. The lowest BCUT2D eigenvalue weighted by Crippen LogP contribution is -2.28. The second-order valence-electron chi connectivity index (χ2n) is 5.80. The van der Waals surface area contributed by atoms with Crippen molar-refractivity contribution in [2.45, 2.75) is 19.9 Å². The van der Waals surface area contributed by atoms with E-state index in [9.17, 15) is 9.18 Å². The Morgan fingerprint density at radius 2 is 1.88 bits per heavy atom. The van der Waals surface area contributed by atoms with E-state index in [2.05, 4.69) is 10.3 Å². The molecule has 1 heterocycles. The number of rotatable bonds is 7. The van der Waals surface area contributed by atoms with Crippen molar-refractivity contribution in [1.82, 2.24) is 10.3 Å². The Hall–Kier alpha value is -2.73. The van der Waals surface area contributed by atoms with Crippen LogP contribution in [0.2, 0.25) is 0 Å². The molecule has 0 saturated heterocycles. The predicted molar refractivity (Wildman–Crippen MR) is 99.8 cm³/mol. The van der Waals surface area contributed by atoms with Crippen LogP contribution in [-0.4, -0.2) is 17.5 Å². The first-order valence-electron chi connectivity index (χ1n) is 8.24. The average Bonchev–Trinajstić information content (AvgIpc) is 3.00. The van der Waals surface area contributed by atoms with Crippen molar-refractivity contribution >= 4 is 17.2 Å². The molecule has 2 aromatic carbocycles. The molecule has 3 aromatic rings. The van der Waals surface area contributed by atoms with Crippen molar-refractivity contribution in [2.75, 3.05) is 6.61 Å². The molecule has 1 amide bonds. The van der Waals surface area contributed by atoms with Crippen LogP contribution in [-0.2, 0) is 17.8 Å². The quantitative estimate of drug-likeness (QED) is 0.687. The number of nitrogens with zero attached hydrogens (tertiary/aromatic N) is 1. The molecule has 0 unspecified atom stereocenters. The van der Waals surface area contributed by atoms with Crippen LogP contribution in [0.25, 0.3) is 0 Å². The SMILES string of the molecule is Cc1nc(CNC(=O)COc2ccccc2)sc1Cc1ccc(F)cc1. The van der Waals surface area contributed by atoms with Gasteiger partial charge in [-0.1, -0.05) is 30.3 Å². The van der Waals surface area contributed by atoms with E-state index in [1.54, 1.807) is 35.6 Å². The summed E-state index contributed by atoms with van der Waals surface area (Å²) in [5.41, 5.74) is 1.97. The van der Waals surface area contributed by atoms with Crippen LogP contribution in [0, 0.1) is 12.7 Å². The fraction of sp³-hybridized carbons (Fsp3) is 0.200. The van der Waals surface area contributed by atoms with E-state index in [0.717, 1.165) is 21.1 Å². The first kappa shape index (κ1) is 18.1. The zero-order valence-corrected chi connectivity index (χ0v) is 15.2. The van der Waals surface area contributed by atoms with Crippen molar-refractivity contribution in [2.24, 2.45) is 0 Å². The van der Waals surface area contributed by atoms with E-state index in [4.69, 9.17) is 4.74 Å². The molecule has 1 aromatic heterocycles. The zero-order valence-electron chi connectivity index (χ0n) is 14.4. The Morgan fingerprint density at radius 3 is 2.62 bits per heavy atom. The first-order valence-corrected chi connectivity index (χ1v) is 9.06. The molecule has 134 valence electrons. The van der Waals surface area contributed by atoms with Crippen molar-refractivity contribution in [1.29, 1.82) is 0 Å². The molecule has 0 bridgehead atoms. The van der Waals surface area contributed by atoms with Crippen molar-refractivity contribution < 1.29 is 13.9 Å². The van der Waals surface area contributed by atoms with Gasteiger partial charge in [0.2, 0.25) is 0 Å². The van der Waals surface area contributed by atoms with Gasteiger partial charge in [0, 0.05) is 11.3 Å². The van der Waals surface area contributed by atoms with Gasteiger partial charge in [-0.3, -0.25) is 4.79 Å². The van der Waals surface area contributed by atoms with Crippen molar-refractivity contribution in [3.63, 3.8) is 0 Å². The topological polar surface area (TPSA) is 51.2 Å². The summed E-state index contributed by atoms with van der Waals surface area (Å²) in [6.07, 6.45) is 0.703. The number of thiazole rings is 1. The van der Waals surface area contributed by atoms with E-state index in [1.165, 1.54) is 12.1 Å². The molecule has 0 aliphatic carbocycles. The number of nitrogens with one attached hydrogen (secondary N) is 1. The number of hydrogen-bond donors (Lipinski definition) is 1. The fourth-order valence-corrected chi connectivity index (χ4v) is 3.45. The monoisotopic (exact) mass is 370 g/mol. The van der Waals surface area contributed by atoms with E-state index < -0.39 is 0 Å². The van der Waals surface area contributed by atoms with Gasteiger partial charge in [-0.05, 0) is 36.8 Å². The second-order valence-corrected chi connectivity index (χ2v) is 6.97. The molecule has 26 heavy (non-hydrogen) atoms. The number of carbonyl (C=O) groups excluding carboxylic acids is 1. The van der Waals surface area contributed by atoms with Gasteiger partial charge in [0.25, 0.3) is 5.91 Å². The zero-order chi connectivity index (χ0) is 18.4. The highest BCUT2D eigenvalue weighted by atomic mass is 32.1. The molecule has 3 rings (SSSR count). The van der Waals surface area contributed by atoms with E-state index in [1.807, 2.05) is 25.1 Å². The van der Waals surface area contributed by atoms with Crippen molar-refractivity contribution in [3.05, 3.63) is 81.6 Å². The maximum absolute atomic E-state index is 13.0. The second kappa shape index (κ2) is 8.58. The first-order chi connectivity index (χ1) is 12.6. The molecular formula is C20H19FN2O2S. The summed E-state index contributed by atoms with van der Waals surface area (Å²) in [5.74, 6) is 0.229. The minimum absolute atomic E-state index is 0.0309. The van der Waals surface area contributed by atoms with Crippen LogP contribution >= 0.6 is 11.3 Å². The summed E-state index contributed by atoms with van der Waals surface area (Å²) in [5, 5.41) is 3.66. The van der Waals surface area contributed by atoms with Gasteiger partial charge < -0.3 is 10.1 Å². The van der Waals surface area contributed by atoms with Crippen LogP contribution in [0.3, 0.4) is 0 Å². The molecule has 0 spiro atoms. The molecule has 4 nitrogen and oxygen atoms in total. The third kappa shape index (κ3) is 5.13. The van der Waals surface area contributed by atoms with Crippen molar-refractivity contribution in [3.8, 4) is 5.75 Å². The molecular weight excluding hydrogens is 351 g/mol. The third-order valence-electron chi connectivity index (χ3n) is 3.76. The fourth-order valence-electron chi connectivity index (χ4n) is 2.41. The summed E-state index contributed by atoms with van der Waals surface area (Å²) >= 11 is 1.55. The van der Waals surface area contributed by atoms with Gasteiger partial charge in [-0.15, -0.1) is 11.3 Å². The predicted octanol–water partition coefficient (Wildman–Crippen LogP) is 3.88. The molecule has 0 radical (unpaired) electrons. The number of amides is 1. The normalized spacial score (nSPS) is 10.5. The summed E-state index contributed by atoms with van der Waals surface area (Å²) in [6.45, 7) is 2.28. The molecule has 0 aliphatic heterocycles. The molecule has 0 aliphatic rings. The lowest BCUT2D eigenvalue weighted by Gasteiger charge is -2.06. The van der Waals surface area contributed by atoms with Crippen LogP contribution in [0.5, 0.6) is 5.75 Å². The molecule has 6 heteroatoms. The number of aromatic nitrogens is 1. The largest absolute Gasteiger partial charge is 0.484 e. The smallest absolute Gasteiger partial charge is 0.258 e. The van der Waals surface area contributed by atoms with Crippen LogP contribution in [0.4, 0.5) is 4.39 Å². The Bertz CT molecular complexity index is 863. The Kier molecular flexibility index (Phi) is 5.96. The van der Waals surface area contributed by atoms with E-state index >= 15 is 0 Å². The molecule has 1 N–H and O–H groups in total. The van der Waals surface area contributed by atoms with Crippen LogP contribution < -0.4 is 10.1 Å². The van der Waals surface area contributed by atoms with Crippen LogP contribution in [0.1, 0.15) is 21.1 Å². The maximum Gasteiger partial charge on any atom is 0.258 e. The molecule has 0 atom stereocenters. The van der Waals surface area contributed by atoms with Gasteiger partial charge >= 0.3 is 0 Å². The van der Waals surface area contributed by atoms with Gasteiger partial charge in [0.05, 0.1) is 12.2 Å².